The summed E-state index contributed by atoms with van der Waals surface area (Å²) < 4.78 is 10.7. The molecule has 1 aliphatic rings. The van der Waals surface area contributed by atoms with Crippen molar-refractivity contribution in [1.82, 2.24) is 25.2 Å². The molecular formula is C22H19N5O3. The topological polar surface area (TPSA) is 97.1 Å². The normalized spacial score (nSPS) is 13.8. The van der Waals surface area contributed by atoms with Crippen molar-refractivity contribution in [3.63, 3.8) is 0 Å². The van der Waals surface area contributed by atoms with Gasteiger partial charge in [-0.25, -0.2) is 0 Å². The lowest BCUT2D eigenvalue weighted by atomic mass is 9.99. The minimum atomic E-state index is -0.101. The van der Waals surface area contributed by atoms with E-state index in [1.807, 2.05) is 54.6 Å². The maximum Gasteiger partial charge on any atom is 0.271 e. The number of amides is 1. The van der Waals surface area contributed by atoms with E-state index in [1.54, 1.807) is 18.1 Å². The predicted octanol–water partition coefficient (Wildman–Crippen LogP) is 3.37. The zero-order valence-electron chi connectivity index (χ0n) is 16.3. The summed E-state index contributed by atoms with van der Waals surface area (Å²) in [5.74, 6) is 1.80. The number of likely N-dealkylation sites (tertiary alicyclic amines) is 1. The van der Waals surface area contributed by atoms with E-state index in [0.29, 0.717) is 36.2 Å². The molecular weight excluding hydrogens is 382 g/mol. The van der Waals surface area contributed by atoms with Crippen LogP contribution in [0, 0.1) is 0 Å². The van der Waals surface area contributed by atoms with E-state index in [4.69, 9.17) is 9.26 Å². The van der Waals surface area contributed by atoms with Gasteiger partial charge in [-0.05, 0) is 18.2 Å². The summed E-state index contributed by atoms with van der Waals surface area (Å²) in [6.45, 7) is 1.06. The number of aromatic nitrogens is 4. The standard InChI is InChI=1S/C22H19N5O3/c1-29-17-9-5-8-15(10-17)18-11-19(25-24-18)22(28)27-12-16(13-27)21-23-20(26-30-21)14-6-3-2-4-7-14/h2-11,16H,12-13H2,1H3,(H,24,25). The highest BCUT2D eigenvalue weighted by molar-refractivity contribution is 5.94. The molecule has 30 heavy (non-hydrogen) atoms. The third-order valence-electron chi connectivity index (χ3n) is 5.17. The predicted molar refractivity (Wildman–Crippen MR) is 109 cm³/mol. The van der Waals surface area contributed by atoms with Crippen LogP contribution in [0.3, 0.4) is 0 Å². The van der Waals surface area contributed by atoms with Gasteiger partial charge in [0.2, 0.25) is 11.7 Å². The van der Waals surface area contributed by atoms with Crippen LogP contribution in [0.5, 0.6) is 5.75 Å². The highest BCUT2D eigenvalue weighted by Crippen LogP contribution is 2.29. The molecule has 0 radical (unpaired) electrons. The molecule has 0 aliphatic carbocycles. The first kappa shape index (κ1) is 18.1. The van der Waals surface area contributed by atoms with Gasteiger partial charge in [0, 0.05) is 24.2 Å². The summed E-state index contributed by atoms with van der Waals surface area (Å²) in [4.78, 5) is 19.0. The lowest BCUT2D eigenvalue weighted by Gasteiger charge is -2.36. The Morgan fingerprint density at radius 1 is 1.10 bits per heavy atom. The molecule has 0 spiro atoms. The van der Waals surface area contributed by atoms with Gasteiger partial charge in [0.25, 0.3) is 5.91 Å². The zero-order valence-corrected chi connectivity index (χ0v) is 16.3. The van der Waals surface area contributed by atoms with Gasteiger partial charge >= 0.3 is 0 Å². The minimum Gasteiger partial charge on any atom is -0.497 e. The average molecular weight is 401 g/mol. The number of ether oxygens (including phenoxy) is 1. The van der Waals surface area contributed by atoms with Crippen molar-refractivity contribution in [2.75, 3.05) is 20.2 Å². The maximum atomic E-state index is 12.8. The Kier molecular flexibility index (Phi) is 4.51. The van der Waals surface area contributed by atoms with Crippen LogP contribution in [-0.4, -0.2) is 51.3 Å². The molecule has 150 valence electrons. The number of aromatic amines is 1. The number of nitrogens with one attached hydrogen (secondary N) is 1. The number of benzene rings is 2. The number of carbonyl (C=O) groups is 1. The summed E-state index contributed by atoms with van der Waals surface area (Å²) in [7, 11) is 1.62. The molecule has 1 fully saturated rings. The van der Waals surface area contributed by atoms with Gasteiger partial charge in [-0.3, -0.25) is 9.89 Å². The van der Waals surface area contributed by atoms with E-state index in [-0.39, 0.29) is 11.8 Å². The molecule has 0 saturated carbocycles. The van der Waals surface area contributed by atoms with E-state index >= 15 is 0 Å². The van der Waals surface area contributed by atoms with Gasteiger partial charge in [0.05, 0.1) is 18.7 Å². The highest BCUT2D eigenvalue weighted by Gasteiger charge is 2.36. The van der Waals surface area contributed by atoms with Crippen LogP contribution in [0.25, 0.3) is 22.6 Å². The smallest absolute Gasteiger partial charge is 0.271 e. The van der Waals surface area contributed by atoms with E-state index in [0.717, 1.165) is 16.9 Å². The van der Waals surface area contributed by atoms with E-state index < -0.39 is 0 Å². The Hall–Kier alpha value is -3.94. The minimum absolute atomic E-state index is 0.0414. The van der Waals surface area contributed by atoms with Crippen LogP contribution in [0.4, 0.5) is 0 Å². The number of nitrogens with zero attached hydrogens (tertiary/aromatic N) is 4. The second-order valence-corrected chi connectivity index (χ2v) is 7.13. The Morgan fingerprint density at radius 3 is 2.70 bits per heavy atom. The Bertz CT molecular complexity index is 1180. The zero-order chi connectivity index (χ0) is 20.5. The van der Waals surface area contributed by atoms with Gasteiger partial charge < -0.3 is 14.2 Å². The first-order valence-corrected chi connectivity index (χ1v) is 9.59. The molecule has 2 aromatic carbocycles. The Morgan fingerprint density at radius 2 is 1.90 bits per heavy atom. The fourth-order valence-electron chi connectivity index (χ4n) is 3.44. The summed E-state index contributed by atoms with van der Waals surface area (Å²) in [5.41, 5.74) is 2.92. The molecule has 1 saturated heterocycles. The van der Waals surface area contributed by atoms with Crippen molar-refractivity contribution >= 4 is 5.91 Å². The van der Waals surface area contributed by atoms with Crippen LogP contribution >= 0.6 is 0 Å². The van der Waals surface area contributed by atoms with Crippen LogP contribution in [0.2, 0.25) is 0 Å². The summed E-state index contributed by atoms with van der Waals surface area (Å²) in [6.07, 6.45) is 0. The average Bonchev–Trinajstić information content (AvgIpc) is 3.44. The number of H-pyrrole nitrogens is 1. The van der Waals surface area contributed by atoms with Gasteiger partial charge in [0.1, 0.15) is 11.4 Å². The molecule has 5 rings (SSSR count). The van der Waals surface area contributed by atoms with E-state index in [2.05, 4.69) is 20.3 Å². The third kappa shape index (κ3) is 3.32. The van der Waals surface area contributed by atoms with Gasteiger partial charge in [-0.2, -0.15) is 10.1 Å². The summed E-state index contributed by atoms with van der Waals surface area (Å²) in [5, 5.41) is 11.2. The molecule has 2 aromatic heterocycles. The maximum absolute atomic E-state index is 12.8. The fraction of sp³-hybridized carbons (Fsp3) is 0.182. The SMILES string of the molecule is COc1cccc(-c2cc(C(=O)N3CC(c4nc(-c5ccccc5)no4)C3)[nH]n2)c1. The van der Waals surface area contributed by atoms with Crippen molar-refractivity contribution in [3.8, 4) is 28.4 Å². The molecule has 1 N–H and O–H groups in total. The molecule has 4 aromatic rings. The van der Waals surface area contributed by atoms with Crippen LogP contribution in [0.15, 0.2) is 65.2 Å². The molecule has 0 bridgehead atoms. The van der Waals surface area contributed by atoms with Crippen LogP contribution in [0.1, 0.15) is 22.3 Å². The highest BCUT2D eigenvalue weighted by atomic mass is 16.5. The van der Waals surface area contributed by atoms with Gasteiger partial charge in [-0.15, -0.1) is 0 Å². The number of hydrogen-bond donors (Lipinski definition) is 1. The molecule has 0 unspecified atom stereocenters. The Labute approximate surface area is 172 Å². The lowest BCUT2D eigenvalue weighted by molar-refractivity contribution is 0.0563. The van der Waals surface area contributed by atoms with Crippen molar-refractivity contribution < 1.29 is 14.1 Å². The second-order valence-electron chi connectivity index (χ2n) is 7.13. The second kappa shape index (κ2) is 7.47. The third-order valence-corrected chi connectivity index (χ3v) is 5.17. The van der Waals surface area contributed by atoms with Crippen molar-refractivity contribution in [2.24, 2.45) is 0 Å². The van der Waals surface area contributed by atoms with Crippen LogP contribution in [-0.2, 0) is 0 Å². The van der Waals surface area contributed by atoms with Crippen LogP contribution < -0.4 is 4.74 Å². The molecule has 1 amide bonds. The molecule has 3 heterocycles. The molecule has 8 nitrogen and oxygen atoms in total. The number of carbonyl (C=O) groups excluding carboxylic acids is 1. The summed E-state index contributed by atoms with van der Waals surface area (Å²) >= 11 is 0. The van der Waals surface area contributed by atoms with Gasteiger partial charge in [0.15, 0.2) is 0 Å². The largest absolute Gasteiger partial charge is 0.497 e. The number of methoxy groups -OCH3 is 1. The molecule has 1 aliphatic heterocycles. The molecule has 0 atom stereocenters. The number of rotatable bonds is 5. The van der Waals surface area contributed by atoms with E-state index in [9.17, 15) is 4.79 Å². The monoisotopic (exact) mass is 401 g/mol. The quantitative estimate of drug-likeness (QED) is 0.551. The molecule has 8 heteroatoms. The lowest BCUT2D eigenvalue weighted by Crippen LogP contribution is -2.48. The first-order valence-electron chi connectivity index (χ1n) is 9.59. The van der Waals surface area contributed by atoms with Crippen molar-refractivity contribution in [1.29, 1.82) is 0 Å². The van der Waals surface area contributed by atoms with Crippen molar-refractivity contribution in [2.45, 2.75) is 5.92 Å². The number of hydrogen-bond acceptors (Lipinski definition) is 6. The van der Waals surface area contributed by atoms with Gasteiger partial charge in [-0.1, -0.05) is 47.6 Å². The van der Waals surface area contributed by atoms with Crippen molar-refractivity contribution in [3.05, 3.63) is 72.2 Å². The summed E-state index contributed by atoms with van der Waals surface area (Å²) in [6, 6.07) is 19.0. The first-order chi connectivity index (χ1) is 14.7. The van der Waals surface area contributed by atoms with E-state index in [1.165, 1.54) is 0 Å². The Balaban J connectivity index is 1.24. The fourth-order valence-corrected chi connectivity index (χ4v) is 3.44.